The molecule has 154 valence electrons. The van der Waals surface area contributed by atoms with Gasteiger partial charge >= 0.3 is 5.97 Å². The van der Waals surface area contributed by atoms with Gasteiger partial charge < -0.3 is 14.5 Å². The molecule has 0 bridgehead atoms. The van der Waals surface area contributed by atoms with E-state index < -0.39 is 30.1 Å². The van der Waals surface area contributed by atoms with E-state index in [9.17, 15) is 19.2 Å². The zero-order valence-electron chi connectivity index (χ0n) is 15.9. The van der Waals surface area contributed by atoms with Gasteiger partial charge in [-0.3, -0.25) is 19.7 Å². The Kier molecular flexibility index (Phi) is 7.41. The largest absolute Gasteiger partial charge is 0.462 e. The predicted octanol–water partition coefficient (Wildman–Crippen LogP) is 3.64. The fourth-order valence-electron chi connectivity index (χ4n) is 2.55. The molecule has 0 unspecified atom stereocenters. The van der Waals surface area contributed by atoms with Gasteiger partial charge in [0.2, 0.25) is 11.8 Å². The smallest absolute Gasteiger partial charge is 0.344 e. The molecule has 0 spiro atoms. The fourth-order valence-corrected chi connectivity index (χ4v) is 3.05. The molecule has 2 aromatic rings. The first-order chi connectivity index (χ1) is 13.6. The third-order valence-electron chi connectivity index (χ3n) is 3.75. The van der Waals surface area contributed by atoms with Crippen LogP contribution in [0.25, 0.3) is 0 Å². The Morgan fingerprint density at radius 2 is 1.83 bits per heavy atom. The predicted molar refractivity (Wildman–Crippen MR) is 107 cm³/mol. The number of carbonyl (C=O) groups is 4. The maximum atomic E-state index is 12.2. The van der Waals surface area contributed by atoms with Crippen LogP contribution in [0.3, 0.4) is 0 Å². The molecule has 1 aromatic heterocycles. The second-order valence-corrected chi connectivity index (χ2v) is 6.71. The summed E-state index contributed by atoms with van der Waals surface area (Å²) in [5.41, 5.74) is -0.00297. The maximum Gasteiger partial charge on any atom is 0.344 e. The zero-order chi connectivity index (χ0) is 21.7. The second kappa shape index (κ2) is 9.58. The van der Waals surface area contributed by atoms with Gasteiger partial charge in [0.05, 0.1) is 29.3 Å². The van der Waals surface area contributed by atoms with Crippen LogP contribution in [0.5, 0.6) is 0 Å². The summed E-state index contributed by atoms with van der Waals surface area (Å²) in [6, 6.07) is 4.31. The number of aryl methyl sites for hydroxylation is 1. The lowest BCUT2D eigenvalue weighted by Gasteiger charge is -2.08. The van der Waals surface area contributed by atoms with Gasteiger partial charge in [-0.05, 0) is 39.0 Å². The number of ketones is 1. The molecule has 1 heterocycles. The Balaban J connectivity index is 2.14. The van der Waals surface area contributed by atoms with Crippen LogP contribution in [0, 0.1) is 6.92 Å². The van der Waals surface area contributed by atoms with E-state index in [2.05, 4.69) is 10.6 Å². The van der Waals surface area contributed by atoms with Crippen LogP contribution >= 0.6 is 23.2 Å². The van der Waals surface area contributed by atoms with E-state index >= 15 is 0 Å². The molecule has 0 saturated carbocycles. The first-order valence-electron chi connectivity index (χ1n) is 8.50. The minimum atomic E-state index is -0.804. The van der Waals surface area contributed by atoms with Gasteiger partial charge in [0.1, 0.15) is 11.3 Å². The number of halogens is 2. The summed E-state index contributed by atoms with van der Waals surface area (Å²) in [7, 11) is 0. The van der Waals surface area contributed by atoms with Crippen molar-refractivity contribution < 1.29 is 28.3 Å². The average Bonchev–Trinajstić information content (AvgIpc) is 2.96. The van der Waals surface area contributed by atoms with E-state index in [0.29, 0.717) is 5.02 Å². The number of furan rings is 1. The van der Waals surface area contributed by atoms with Gasteiger partial charge in [-0.25, -0.2) is 4.79 Å². The molecule has 0 radical (unpaired) electrons. The monoisotopic (exact) mass is 440 g/mol. The van der Waals surface area contributed by atoms with Crippen LogP contribution in [0.4, 0.5) is 5.88 Å². The van der Waals surface area contributed by atoms with Gasteiger partial charge in [-0.1, -0.05) is 23.2 Å². The highest BCUT2D eigenvalue weighted by atomic mass is 35.5. The van der Waals surface area contributed by atoms with Crippen LogP contribution in [-0.4, -0.2) is 36.7 Å². The second-order valence-electron chi connectivity index (χ2n) is 5.87. The number of benzene rings is 1. The number of amides is 2. The molecule has 0 fully saturated rings. The van der Waals surface area contributed by atoms with Crippen molar-refractivity contribution in [3.8, 4) is 0 Å². The number of hydrogen-bond donors (Lipinski definition) is 2. The Morgan fingerprint density at radius 3 is 2.41 bits per heavy atom. The van der Waals surface area contributed by atoms with Crippen molar-refractivity contribution in [2.75, 3.05) is 18.5 Å². The molecule has 1 aromatic carbocycles. The number of ether oxygens (including phenoxy) is 1. The summed E-state index contributed by atoms with van der Waals surface area (Å²) in [6.45, 7) is 4.00. The van der Waals surface area contributed by atoms with Crippen molar-refractivity contribution in [2.24, 2.45) is 0 Å². The molecule has 10 heteroatoms. The molecule has 8 nitrogen and oxygen atoms in total. The molecular weight excluding hydrogens is 423 g/mol. The summed E-state index contributed by atoms with van der Waals surface area (Å²) >= 11 is 11.7. The van der Waals surface area contributed by atoms with Crippen molar-refractivity contribution in [1.29, 1.82) is 0 Å². The molecule has 2 rings (SSSR count). The number of carbonyl (C=O) groups excluding carboxylic acids is 4. The number of hydrogen-bond acceptors (Lipinski definition) is 6. The van der Waals surface area contributed by atoms with E-state index in [1.54, 1.807) is 6.92 Å². The Bertz CT molecular complexity index is 983. The number of esters is 1. The van der Waals surface area contributed by atoms with E-state index in [0.717, 1.165) is 0 Å². The van der Waals surface area contributed by atoms with Crippen molar-refractivity contribution in [3.05, 3.63) is 50.7 Å². The van der Waals surface area contributed by atoms with Crippen LogP contribution in [0.15, 0.2) is 22.6 Å². The lowest BCUT2D eigenvalue weighted by atomic mass is 10.1. The molecule has 29 heavy (non-hydrogen) atoms. The molecule has 0 atom stereocenters. The van der Waals surface area contributed by atoms with E-state index in [1.165, 1.54) is 32.0 Å². The molecule has 0 saturated heterocycles. The van der Waals surface area contributed by atoms with Gasteiger partial charge in [0, 0.05) is 5.02 Å². The minimum Gasteiger partial charge on any atom is -0.462 e. The third-order valence-corrected chi connectivity index (χ3v) is 4.30. The van der Waals surface area contributed by atoms with Crippen LogP contribution < -0.4 is 10.6 Å². The third kappa shape index (κ3) is 5.36. The summed E-state index contributed by atoms with van der Waals surface area (Å²) in [5, 5.41) is 5.26. The number of nitrogens with one attached hydrogen (secondary N) is 2. The quantitative estimate of drug-likeness (QED) is 0.501. The highest BCUT2D eigenvalue weighted by Crippen LogP contribution is 2.28. The summed E-state index contributed by atoms with van der Waals surface area (Å²) in [5.74, 6) is -2.56. The zero-order valence-corrected chi connectivity index (χ0v) is 17.4. The van der Waals surface area contributed by atoms with Crippen molar-refractivity contribution in [2.45, 2.75) is 20.8 Å². The van der Waals surface area contributed by atoms with E-state index in [1.807, 2.05) is 0 Å². The standard InChI is InChI=1S/C19H18Cl2N2O6/c1-4-28-19(27)16-15(9(2)24)10(3)29-18(16)23-14(25)8-22-17(26)12-6-5-11(20)7-13(12)21/h5-7H,4,8H2,1-3H3,(H,22,26)(H,23,25). The summed E-state index contributed by atoms with van der Waals surface area (Å²) in [6.07, 6.45) is 0. The highest BCUT2D eigenvalue weighted by molar-refractivity contribution is 6.36. The normalized spacial score (nSPS) is 10.4. The van der Waals surface area contributed by atoms with Crippen molar-refractivity contribution >= 4 is 52.7 Å². The van der Waals surface area contributed by atoms with Crippen molar-refractivity contribution in [3.63, 3.8) is 0 Å². The first-order valence-corrected chi connectivity index (χ1v) is 9.25. The molecule has 2 N–H and O–H groups in total. The Labute approximate surface area is 176 Å². The lowest BCUT2D eigenvalue weighted by Crippen LogP contribution is -2.33. The van der Waals surface area contributed by atoms with E-state index in [-0.39, 0.29) is 40.0 Å². The summed E-state index contributed by atoms with van der Waals surface area (Å²) in [4.78, 5) is 48.5. The highest BCUT2D eigenvalue weighted by Gasteiger charge is 2.28. The molecule has 0 aliphatic rings. The van der Waals surface area contributed by atoms with Crippen LogP contribution in [-0.2, 0) is 9.53 Å². The molecular formula is C19H18Cl2N2O6. The SMILES string of the molecule is CCOC(=O)c1c(NC(=O)CNC(=O)c2ccc(Cl)cc2Cl)oc(C)c1C(C)=O. The number of Topliss-reactive ketones (excluding diaryl/α,β-unsaturated/α-hetero) is 1. The van der Waals surface area contributed by atoms with Gasteiger partial charge in [-0.2, -0.15) is 0 Å². The van der Waals surface area contributed by atoms with Gasteiger partial charge in [0.25, 0.3) is 5.91 Å². The summed E-state index contributed by atoms with van der Waals surface area (Å²) < 4.78 is 10.3. The topological polar surface area (TPSA) is 115 Å². The fraction of sp³-hybridized carbons (Fsp3) is 0.263. The van der Waals surface area contributed by atoms with E-state index in [4.69, 9.17) is 32.4 Å². The average molecular weight is 441 g/mol. The lowest BCUT2D eigenvalue weighted by molar-refractivity contribution is -0.115. The van der Waals surface area contributed by atoms with Crippen LogP contribution in [0.2, 0.25) is 10.0 Å². The maximum absolute atomic E-state index is 12.2. The van der Waals surface area contributed by atoms with Gasteiger partial charge in [0.15, 0.2) is 5.78 Å². The van der Waals surface area contributed by atoms with Gasteiger partial charge in [-0.15, -0.1) is 0 Å². The van der Waals surface area contributed by atoms with Crippen molar-refractivity contribution in [1.82, 2.24) is 5.32 Å². The van der Waals surface area contributed by atoms with Crippen LogP contribution in [0.1, 0.15) is 50.7 Å². The molecule has 2 amide bonds. The number of anilines is 1. The first kappa shape index (κ1) is 22.4. The Morgan fingerprint density at radius 1 is 1.14 bits per heavy atom. The number of rotatable bonds is 7. The minimum absolute atomic E-state index is 0.0238. The molecule has 0 aliphatic heterocycles. The Hall–Kier alpha value is -2.84. The molecule has 0 aliphatic carbocycles.